The van der Waals surface area contributed by atoms with Gasteiger partial charge in [-0.05, 0) is 25.8 Å². The Labute approximate surface area is 165 Å². The highest BCUT2D eigenvalue weighted by Crippen LogP contribution is 2.42. The number of allylic oxidation sites excluding steroid dienone is 1. The van der Waals surface area contributed by atoms with Crippen LogP contribution in [0.15, 0.2) is 18.8 Å². The third-order valence-electron chi connectivity index (χ3n) is 5.82. The van der Waals surface area contributed by atoms with Crippen LogP contribution in [0.4, 0.5) is 13.2 Å². The minimum atomic E-state index is -4.87. The topological polar surface area (TPSA) is 76.2 Å². The Morgan fingerprint density at radius 1 is 1.28 bits per heavy atom. The van der Waals surface area contributed by atoms with E-state index in [1.54, 1.807) is 16.5 Å². The summed E-state index contributed by atoms with van der Waals surface area (Å²) in [6.07, 6.45) is -1.99. The zero-order valence-corrected chi connectivity index (χ0v) is 16.2. The summed E-state index contributed by atoms with van der Waals surface area (Å²) >= 11 is 0. The van der Waals surface area contributed by atoms with Crippen molar-refractivity contribution < 1.29 is 23.1 Å². The van der Waals surface area contributed by atoms with Gasteiger partial charge in [-0.25, -0.2) is 4.98 Å². The Balaban J connectivity index is 1.68. The Morgan fingerprint density at radius 2 is 1.93 bits per heavy atom. The zero-order valence-electron chi connectivity index (χ0n) is 16.2. The highest BCUT2D eigenvalue weighted by molar-refractivity contribution is 5.73. The molecule has 1 atom stereocenters. The van der Waals surface area contributed by atoms with Crippen molar-refractivity contribution >= 4 is 11.6 Å². The second-order valence-corrected chi connectivity index (χ2v) is 7.83. The van der Waals surface area contributed by atoms with Crippen LogP contribution in [0.5, 0.6) is 0 Å². The number of carbonyl (C=O) groups is 1. The van der Waals surface area contributed by atoms with Crippen molar-refractivity contribution in [3.8, 4) is 11.4 Å². The Bertz CT molecular complexity index is 981. The third-order valence-corrected chi connectivity index (χ3v) is 5.82. The fraction of sp³-hybridized carbons (Fsp3) is 0.526. The van der Waals surface area contributed by atoms with Crippen LogP contribution >= 0.6 is 0 Å². The van der Waals surface area contributed by atoms with Gasteiger partial charge in [0, 0.05) is 31.6 Å². The number of amides is 1. The monoisotopic (exact) mass is 409 g/mol. The second kappa shape index (κ2) is 6.45. The van der Waals surface area contributed by atoms with Crippen LogP contribution in [-0.4, -0.2) is 54.5 Å². The van der Waals surface area contributed by atoms with Crippen LogP contribution < -0.4 is 0 Å². The number of nitrogens with zero attached hydrogens (tertiary/aromatic N) is 5. The molecule has 0 aromatic carbocycles. The number of rotatable bonds is 2. The molecule has 1 amide bonds. The number of hydrogen-bond donors (Lipinski definition) is 1. The fourth-order valence-corrected chi connectivity index (χ4v) is 4.02. The van der Waals surface area contributed by atoms with Crippen LogP contribution in [0, 0.1) is 0 Å². The minimum absolute atomic E-state index is 0.0528. The first-order valence-electron chi connectivity index (χ1n) is 9.40. The molecule has 2 aliphatic rings. The lowest BCUT2D eigenvalue weighted by molar-refractivity contribution is -0.262. The molecule has 0 bridgehead atoms. The van der Waals surface area contributed by atoms with Gasteiger partial charge in [0.05, 0.1) is 29.8 Å². The molecule has 0 aliphatic carbocycles. The number of hydrogen-bond acceptors (Lipinski definition) is 4. The maximum atomic E-state index is 13.3. The first-order valence-corrected chi connectivity index (χ1v) is 9.40. The number of likely N-dealkylation sites (tertiary alicyclic amines) is 1. The number of aromatic nitrogens is 4. The van der Waals surface area contributed by atoms with Gasteiger partial charge in [0.2, 0.25) is 11.5 Å². The summed E-state index contributed by atoms with van der Waals surface area (Å²) in [6, 6.07) is 1.86. The summed E-state index contributed by atoms with van der Waals surface area (Å²) < 4.78 is 43.0. The third kappa shape index (κ3) is 3.06. The predicted octanol–water partition coefficient (Wildman–Crippen LogP) is 2.73. The molecule has 29 heavy (non-hydrogen) atoms. The predicted molar refractivity (Wildman–Crippen MR) is 98.6 cm³/mol. The summed E-state index contributed by atoms with van der Waals surface area (Å²) in [4.78, 5) is 17.2. The van der Waals surface area contributed by atoms with Gasteiger partial charge in [-0.2, -0.15) is 18.3 Å². The quantitative estimate of drug-likeness (QED) is 0.828. The Hall–Kier alpha value is -2.62. The molecule has 4 heterocycles. The molecular weight excluding hydrogens is 387 g/mol. The number of aliphatic hydroxyl groups is 1. The summed E-state index contributed by atoms with van der Waals surface area (Å²) in [5.74, 6) is -0.281. The number of halogens is 3. The molecule has 1 saturated heterocycles. The summed E-state index contributed by atoms with van der Waals surface area (Å²) in [5.41, 5.74) is -0.849. The lowest BCUT2D eigenvalue weighted by Gasteiger charge is -2.30. The van der Waals surface area contributed by atoms with E-state index in [1.165, 1.54) is 10.8 Å². The summed E-state index contributed by atoms with van der Waals surface area (Å²) in [5, 5.41) is 14.7. The van der Waals surface area contributed by atoms with Crippen molar-refractivity contribution in [1.29, 1.82) is 0 Å². The van der Waals surface area contributed by atoms with Crippen molar-refractivity contribution in [3.63, 3.8) is 0 Å². The molecule has 7 nitrogen and oxygen atoms in total. The van der Waals surface area contributed by atoms with E-state index in [0.29, 0.717) is 37.1 Å². The van der Waals surface area contributed by atoms with Gasteiger partial charge in [-0.3, -0.25) is 14.0 Å². The van der Waals surface area contributed by atoms with Gasteiger partial charge in [-0.15, -0.1) is 0 Å². The van der Waals surface area contributed by atoms with E-state index in [9.17, 15) is 23.1 Å². The van der Waals surface area contributed by atoms with Gasteiger partial charge in [0.25, 0.3) is 0 Å². The average molecular weight is 409 g/mol. The highest BCUT2D eigenvalue weighted by atomic mass is 19.4. The van der Waals surface area contributed by atoms with E-state index < -0.39 is 17.6 Å². The molecule has 2 aliphatic heterocycles. The van der Waals surface area contributed by atoms with E-state index in [0.717, 1.165) is 18.5 Å². The van der Waals surface area contributed by atoms with Crippen LogP contribution in [0.25, 0.3) is 17.1 Å². The molecule has 2 aromatic heterocycles. The molecular formula is C19H22F3N5O2. The molecule has 0 saturated carbocycles. The number of fused-ring (bicyclic) bond motifs is 3. The smallest absolute Gasteiger partial charge is 0.374 e. The van der Waals surface area contributed by atoms with Crippen molar-refractivity contribution in [1.82, 2.24) is 24.2 Å². The van der Waals surface area contributed by atoms with Crippen molar-refractivity contribution in [2.75, 3.05) is 13.1 Å². The minimum Gasteiger partial charge on any atom is -0.374 e. The van der Waals surface area contributed by atoms with Crippen LogP contribution in [-0.2, 0) is 16.9 Å². The van der Waals surface area contributed by atoms with Crippen LogP contribution in [0.2, 0.25) is 0 Å². The fourth-order valence-electron chi connectivity index (χ4n) is 4.02. The van der Waals surface area contributed by atoms with Gasteiger partial charge in [-0.1, -0.05) is 6.58 Å². The van der Waals surface area contributed by atoms with E-state index in [4.69, 9.17) is 0 Å². The van der Waals surface area contributed by atoms with Gasteiger partial charge < -0.3 is 10.0 Å². The number of piperidine rings is 1. The Morgan fingerprint density at radius 3 is 2.52 bits per heavy atom. The normalized spacial score (nSPS) is 19.7. The molecule has 156 valence electrons. The first kappa shape index (κ1) is 19.7. The molecule has 4 rings (SSSR count). The molecule has 0 spiro atoms. The van der Waals surface area contributed by atoms with Crippen LogP contribution in [0.3, 0.4) is 0 Å². The van der Waals surface area contributed by atoms with E-state index in [1.807, 2.05) is 6.07 Å². The van der Waals surface area contributed by atoms with Gasteiger partial charge in [0.1, 0.15) is 0 Å². The molecule has 1 unspecified atom stereocenters. The Kier molecular flexibility index (Phi) is 4.38. The van der Waals surface area contributed by atoms with E-state index in [2.05, 4.69) is 16.7 Å². The standard InChI is InChI=1S/C19H22F3N5O2/c1-11-10-26-15(8-14(24-26)13-4-6-25(7-5-13)12(2)28)16-9-23-17(27(11)16)18(3,29)19(20,21)22/h8-9,13,29H,1,4-7,10H2,2-3H3. The largest absolute Gasteiger partial charge is 0.424 e. The molecule has 1 fully saturated rings. The molecule has 1 N–H and O–H groups in total. The lowest BCUT2D eigenvalue weighted by Crippen LogP contribution is -2.42. The molecule has 0 radical (unpaired) electrons. The SMILES string of the molecule is C=C1Cn2nc(C3CCN(C(C)=O)CC3)cc2-c2cnc(C(C)(O)C(F)(F)F)n21. The number of carbonyl (C=O) groups excluding carboxylic acids is 1. The molecule has 10 heteroatoms. The highest BCUT2D eigenvalue weighted by Gasteiger charge is 2.54. The number of alkyl halides is 3. The van der Waals surface area contributed by atoms with Crippen LogP contribution in [0.1, 0.15) is 44.1 Å². The maximum Gasteiger partial charge on any atom is 0.424 e. The summed E-state index contributed by atoms with van der Waals surface area (Å²) in [7, 11) is 0. The van der Waals surface area contributed by atoms with Crippen molar-refractivity contribution in [2.45, 2.75) is 50.9 Å². The zero-order chi connectivity index (χ0) is 21.1. The second-order valence-electron chi connectivity index (χ2n) is 7.83. The number of imidazole rings is 1. The summed E-state index contributed by atoms with van der Waals surface area (Å²) in [6.45, 7) is 7.63. The maximum absolute atomic E-state index is 13.3. The van der Waals surface area contributed by atoms with Crippen molar-refractivity contribution in [3.05, 3.63) is 30.4 Å². The van der Waals surface area contributed by atoms with E-state index in [-0.39, 0.29) is 18.4 Å². The average Bonchev–Trinajstić information content (AvgIpc) is 3.25. The first-order chi connectivity index (χ1) is 13.5. The van der Waals surface area contributed by atoms with Crippen molar-refractivity contribution in [2.24, 2.45) is 0 Å². The van der Waals surface area contributed by atoms with E-state index >= 15 is 0 Å². The van der Waals surface area contributed by atoms with Gasteiger partial charge in [0.15, 0.2) is 5.82 Å². The molecule has 2 aromatic rings. The lowest BCUT2D eigenvalue weighted by atomic mass is 9.93. The van der Waals surface area contributed by atoms with Gasteiger partial charge >= 0.3 is 6.18 Å².